The molecule has 0 aliphatic carbocycles. The van der Waals surface area contributed by atoms with E-state index in [4.69, 9.17) is 21.1 Å². The molecule has 0 radical (unpaired) electrons. The molecule has 0 fully saturated rings. The molecule has 9 heteroatoms. The van der Waals surface area contributed by atoms with Crippen LogP contribution in [0.3, 0.4) is 0 Å². The highest BCUT2D eigenvalue weighted by molar-refractivity contribution is 6.30. The number of ether oxygens (including phenoxy) is 2. The Morgan fingerprint density at radius 3 is 2.40 bits per heavy atom. The molecule has 3 rings (SSSR count). The van der Waals surface area contributed by atoms with Crippen molar-refractivity contribution in [3.63, 3.8) is 0 Å². The summed E-state index contributed by atoms with van der Waals surface area (Å²) in [5.41, 5.74) is 4.17. The van der Waals surface area contributed by atoms with Crippen molar-refractivity contribution in [2.75, 3.05) is 13.7 Å². The number of amides is 2. The van der Waals surface area contributed by atoms with Gasteiger partial charge in [0.25, 0.3) is 11.8 Å². The molecule has 3 aromatic rings. The van der Waals surface area contributed by atoms with Crippen LogP contribution in [-0.2, 0) is 9.59 Å². The van der Waals surface area contributed by atoms with Crippen molar-refractivity contribution in [2.45, 2.75) is 0 Å². The molecule has 2 N–H and O–H groups in total. The number of benzene rings is 3. The second-order valence-corrected chi connectivity index (χ2v) is 7.49. The minimum atomic E-state index is -0.554. The minimum Gasteiger partial charge on any atom is -0.493 e. The van der Waals surface area contributed by atoms with Crippen molar-refractivity contribution in [3.05, 3.63) is 101 Å². The molecule has 0 saturated carbocycles. The minimum absolute atomic E-state index is 0.237. The van der Waals surface area contributed by atoms with Crippen LogP contribution >= 0.6 is 11.6 Å². The van der Waals surface area contributed by atoms with Crippen LogP contribution < -0.4 is 20.2 Å². The first kappa shape index (κ1) is 25.2. The number of hydrogen-bond donors (Lipinski definition) is 2. The smallest absolute Gasteiger partial charge is 0.336 e. The Hall–Kier alpha value is -4.43. The molecule has 0 atom stereocenters. The summed E-state index contributed by atoms with van der Waals surface area (Å²) < 4.78 is 10.6. The Kier molecular flexibility index (Phi) is 9.15. The Labute approximate surface area is 207 Å². The molecule has 35 heavy (non-hydrogen) atoms. The summed E-state index contributed by atoms with van der Waals surface area (Å²) in [4.78, 5) is 36.1. The fourth-order valence-corrected chi connectivity index (χ4v) is 2.93. The van der Waals surface area contributed by atoms with Crippen molar-refractivity contribution < 1.29 is 23.9 Å². The van der Waals surface area contributed by atoms with Gasteiger partial charge in [-0.1, -0.05) is 41.9 Å². The number of rotatable bonds is 9. The number of methoxy groups -OCH3 is 1. The Morgan fingerprint density at radius 2 is 1.69 bits per heavy atom. The van der Waals surface area contributed by atoms with E-state index in [-0.39, 0.29) is 12.3 Å². The molecule has 0 heterocycles. The third kappa shape index (κ3) is 8.13. The highest BCUT2D eigenvalue weighted by Gasteiger charge is 2.10. The van der Waals surface area contributed by atoms with Crippen molar-refractivity contribution in [1.82, 2.24) is 10.7 Å². The first-order valence-corrected chi connectivity index (χ1v) is 10.8. The molecule has 0 unspecified atom stereocenters. The zero-order valence-electron chi connectivity index (χ0n) is 18.7. The topological polar surface area (TPSA) is 106 Å². The summed E-state index contributed by atoms with van der Waals surface area (Å²) in [7, 11) is 1.44. The average Bonchev–Trinajstić information content (AvgIpc) is 2.88. The van der Waals surface area contributed by atoms with Crippen LogP contribution in [0.1, 0.15) is 21.5 Å². The number of nitrogens with zero attached hydrogens (tertiary/aromatic N) is 1. The Morgan fingerprint density at radius 1 is 0.943 bits per heavy atom. The van der Waals surface area contributed by atoms with Gasteiger partial charge in [0, 0.05) is 16.7 Å². The van der Waals surface area contributed by atoms with Crippen LogP contribution in [0.15, 0.2) is 84.0 Å². The molecule has 0 bridgehead atoms. The summed E-state index contributed by atoms with van der Waals surface area (Å²) >= 11 is 5.79. The number of hydrazone groups is 1. The molecule has 0 spiro atoms. The third-order valence-electron chi connectivity index (χ3n) is 4.53. The Bertz CT molecular complexity index is 1240. The molecule has 0 aliphatic rings. The van der Waals surface area contributed by atoms with Gasteiger partial charge in [0.2, 0.25) is 0 Å². The zero-order chi connectivity index (χ0) is 25.0. The predicted octanol–water partition coefficient (Wildman–Crippen LogP) is 3.85. The predicted molar refractivity (Wildman–Crippen MR) is 134 cm³/mol. The van der Waals surface area contributed by atoms with E-state index in [1.54, 1.807) is 48.5 Å². The van der Waals surface area contributed by atoms with Gasteiger partial charge >= 0.3 is 5.97 Å². The van der Waals surface area contributed by atoms with Gasteiger partial charge in [-0.3, -0.25) is 9.59 Å². The van der Waals surface area contributed by atoms with Crippen molar-refractivity contribution in [2.24, 2.45) is 5.10 Å². The lowest BCUT2D eigenvalue weighted by Crippen LogP contribution is -2.34. The van der Waals surface area contributed by atoms with E-state index < -0.39 is 17.8 Å². The van der Waals surface area contributed by atoms with E-state index in [2.05, 4.69) is 15.8 Å². The van der Waals surface area contributed by atoms with Gasteiger partial charge in [0.05, 0.1) is 19.9 Å². The second kappa shape index (κ2) is 12.7. The van der Waals surface area contributed by atoms with Gasteiger partial charge in [0.1, 0.15) is 0 Å². The lowest BCUT2D eigenvalue weighted by molar-refractivity contribution is -0.129. The van der Waals surface area contributed by atoms with Crippen LogP contribution in [0.25, 0.3) is 6.08 Å². The number of carbonyl (C=O) groups is 3. The maximum atomic E-state index is 12.1. The summed E-state index contributed by atoms with van der Waals surface area (Å²) in [5, 5.41) is 6.87. The summed E-state index contributed by atoms with van der Waals surface area (Å²) in [6, 6.07) is 20.4. The fourth-order valence-electron chi connectivity index (χ4n) is 2.80. The SMILES string of the molecule is COc1cc(C=NNC(=O)CNC(=O)c2ccc(Cl)cc2)ccc1OC(=O)C=Cc1ccccc1. The number of esters is 1. The quantitative estimate of drug-likeness (QED) is 0.155. The maximum Gasteiger partial charge on any atom is 0.336 e. The van der Waals surface area contributed by atoms with E-state index in [0.717, 1.165) is 5.56 Å². The lowest BCUT2D eigenvalue weighted by atomic mass is 10.2. The van der Waals surface area contributed by atoms with Crippen LogP contribution in [0.5, 0.6) is 11.5 Å². The highest BCUT2D eigenvalue weighted by Crippen LogP contribution is 2.27. The largest absolute Gasteiger partial charge is 0.493 e. The fraction of sp³-hybridized carbons (Fsp3) is 0.0769. The van der Waals surface area contributed by atoms with Crippen molar-refractivity contribution >= 4 is 41.7 Å². The molecule has 0 aromatic heterocycles. The lowest BCUT2D eigenvalue weighted by Gasteiger charge is -2.08. The average molecular weight is 492 g/mol. The van der Waals surface area contributed by atoms with Crippen LogP contribution in [0.4, 0.5) is 0 Å². The van der Waals surface area contributed by atoms with Gasteiger partial charge in [-0.05, 0) is 59.7 Å². The molecule has 0 aliphatic heterocycles. The molecule has 3 aromatic carbocycles. The van der Waals surface area contributed by atoms with Gasteiger partial charge in [-0.15, -0.1) is 0 Å². The third-order valence-corrected chi connectivity index (χ3v) is 4.78. The van der Waals surface area contributed by atoms with E-state index in [1.807, 2.05) is 30.3 Å². The van der Waals surface area contributed by atoms with E-state index in [1.165, 1.54) is 19.4 Å². The van der Waals surface area contributed by atoms with Crippen LogP contribution in [-0.4, -0.2) is 37.7 Å². The Balaban J connectivity index is 1.50. The first-order valence-electron chi connectivity index (χ1n) is 10.4. The number of nitrogens with one attached hydrogen (secondary N) is 2. The van der Waals surface area contributed by atoms with Crippen molar-refractivity contribution in [3.8, 4) is 11.5 Å². The first-order chi connectivity index (χ1) is 16.9. The molecular weight excluding hydrogens is 470 g/mol. The molecule has 8 nitrogen and oxygen atoms in total. The standard InChI is InChI=1S/C26H22ClN3O5/c1-34-23-15-19(7-13-22(23)35-25(32)14-8-18-5-3-2-4-6-18)16-29-30-24(31)17-28-26(33)20-9-11-21(27)12-10-20/h2-16H,17H2,1H3,(H,28,33)(H,30,31). The molecular formula is C26H22ClN3O5. The molecule has 0 saturated heterocycles. The summed E-state index contributed by atoms with van der Waals surface area (Å²) in [5.74, 6) is -0.916. The maximum absolute atomic E-state index is 12.1. The van der Waals surface area contributed by atoms with Crippen molar-refractivity contribution in [1.29, 1.82) is 0 Å². The monoisotopic (exact) mass is 491 g/mol. The van der Waals surface area contributed by atoms with Gasteiger partial charge in [-0.25, -0.2) is 10.2 Å². The van der Waals surface area contributed by atoms with Gasteiger partial charge in [0.15, 0.2) is 11.5 Å². The highest BCUT2D eigenvalue weighted by atomic mass is 35.5. The summed E-state index contributed by atoms with van der Waals surface area (Å²) in [6.07, 6.45) is 4.37. The number of hydrogen-bond acceptors (Lipinski definition) is 6. The van der Waals surface area contributed by atoms with E-state index in [9.17, 15) is 14.4 Å². The normalized spacial score (nSPS) is 10.8. The van der Waals surface area contributed by atoms with Crippen LogP contribution in [0.2, 0.25) is 5.02 Å². The van der Waals surface area contributed by atoms with E-state index >= 15 is 0 Å². The molecule has 178 valence electrons. The zero-order valence-corrected chi connectivity index (χ0v) is 19.5. The van der Waals surface area contributed by atoms with Gasteiger partial charge < -0.3 is 14.8 Å². The molecule has 2 amide bonds. The second-order valence-electron chi connectivity index (χ2n) is 7.06. The summed E-state index contributed by atoms with van der Waals surface area (Å²) in [6.45, 7) is -0.256. The van der Waals surface area contributed by atoms with Gasteiger partial charge in [-0.2, -0.15) is 5.10 Å². The number of carbonyl (C=O) groups excluding carboxylic acids is 3. The number of halogens is 1. The van der Waals surface area contributed by atoms with E-state index in [0.29, 0.717) is 21.9 Å². The van der Waals surface area contributed by atoms with Crippen LogP contribution in [0, 0.1) is 0 Å².